The Morgan fingerprint density at radius 3 is 2.36 bits per heavy atom. The Labute approximate surface area is 195 Å². The first kappa shape index (κ1) is 23.9. The molecule has 0 bridgehead atoms. The highest BCUT2D eigenvalue weighted by molar-refractivity contribution is 7.09. The third-order valence-corrected chi connectivity index (χ3v) is 7.74. The Morgan fingerprint density at radius 1 is 1.12 bits per heavy atom. The molecule has 1 aromatic carbocycles. The molecule has 2 saturated heterocycles. The number of thiazole rings is 1. The number of carbonyl (C=O) groups is 1. The Hall–Kier alpha value is -2.23. The zero-order valence-electron chi connectivity index (χ0n) is 18.3. The number of aromatic nitrogens is 1. The highest BCUT2D eigenvalue weighted by Gasteiger charge is 2.33. The summed E-state index contributed by atoms with van der Waals surface area (Å²) in [7, 11) is 0. The first-order chi connectivity index (χ1) is 16.0. The van der Waals surface area contributed by atoms with E-state index >= 15 is 0 Å². The predicted molar refractivity (Wildman–Crippen MR) is 121 cm³/mol. The van der Waals surface area contributed by atoms with Gasteiger partial charge in [-0.25, -0.2) is 18.2 Å². The maximum Gasteiger partial charge on any atom is 0.246 e. The average Bonchev–Trinajstić information content (AvgIpc) is 3.37. The Morgan fingerprint density at radius 2 is 1.79 bits per heavy atom. The van der Waals surface area contributed by atoms with Gasteiger partial charge in [-0.1, -0.05) is 0 Å². The first-order valence-corrected chi connectivity index (χ1v) is 12.2. The number of carbonyl (C=O) groups excluding carboxylic acids is 1. The van der Waals surface area contributed by atoms with Crippen LogP contribution in [0.1, 0.15) is 42.2 Å². The average molecular weight is 480 g/mol. The van der Waals surface area contributed by atoms with Gasteiger partial charge in [-0.15, -0.1) is 11.3 Å². The van der Waals surface area contributed by atoms with E-state index in [9.17, 15) is 23.1 Å². The maximum atomic E-state index is 13.3. The van der Waals surface area contributed by atoms with Crippen LogP contribution in [0.4, 0.5) is 13.2 Å². The van der Waals surface area contributed by atoms with Crippen LogP contribution in [0, 0.1) is 23.4 Å². The second kappa shape index (κ2) is 10.8. The highest BCUT2D eigenvalue weighted by Crippen LogP contribution is 2.32. The molecule has 1 N–H and O–H groups in total. The van der Waals surface area contributed by atoms with Gasteiger partial charge < -0.3 is 10.0 Å². The summed E-state index contributed by atoms with van der Waals surface area (Å²) in [6.07, 6.45) is 8.06. The number of benzene rings is 1. The van der Waals surface area contributed by atoms with Crippen molar-refractivity contribution in [1.82, 2.24) is 14.8 Å². The molecule has 2 aliphatic rings. The summed E-state index contributed by atoms with van der Waals surface area (Å²) >= 11 is 1.70. The minimum Gasteiger partial charge on any atom is -0.395 e. The molecule has 5 nitrogen and oxygen atoms in total. The van der Waals surface area contributed by atoms with E-state index in [0.717, 1.165) is 50.9 Å². The third kappa shape index (κ3) is 5.65. The van der Waals surface area contributed by atoms with Gasteiger partial charge in [0.1, 0.15) is 0 Å². The van der Waals surface area contributed by atoms with Gasteiger partial charge in [0.2, 0.25) is 5.91 Å². The Balaban J connectivity index is 1.28. The van der Waals surface area contributed by atoms with Gasteiger partial charge in [0.15, 0.2) is 17.5 Å². The molecule has 1 amide bonds. The third-order valence-electron chi connectivity index (χ3n) is 6.81. The van der Waals surface area contributed by atoms with Crippen molar-refractivity contribution >= 4 is 23.3 Å². The predicted octanol–water partition coefficient (Wildman–Crippen LogP) is 4.05. The minimum absolute atomic E-state index is 0.0835. The molecule has 4 rings (SSSR count). The molecule has 3 heterocycles. The fourth-order valence-corrected chi connectivity index (χ4v) is 5.74. The van der Waals surface area contributed by atoms with E-state index < -0.39 is 17.5 Å². The molecule has 33 heavy (non-hydrogen) atoms. The molecule has 2 aromatic rings. The van der Waals surface area contributed by atoms with Crippen molar-refractivity contribution in [3.8, 4) is 0 Å². The summed E-state index contributed by atoms with van der Waals surface area (Å²) in [6.45, 7) is 3.09. The van der Waals surface area contributed by atoms with Gasteiger partial charge in [-0.2, -0.15) is 0 Å². The smallest absolute Gasteiger partial charge is 0.246 e. The second-order valence-electron chi connectivity index (χ2n) is 8.73. The fourth-order valence-electron chi connectivity index (χ4n) is 4.93. The fraction of sp³-hybridized carbons (Fsp3) is 0.500. The topological polar surface area (TPSA) is 56.7 Å². The Bertz CT molecular complexity index is 946. The van der Waals surface area contributed by atoms with Crippen molar-refractivity contribution in [2.24, 2.45) is 5.92 Å². The molecule has 0 aliphatic carbocycles. The lowest BCUT2D eigenvalue weighted by atomic mass is 9.86. The van der Waals surface area contributed by atoms with Crippen LogP contribution in [0.15, 0.2) is 29.8 Å². The van der Waals surface area contributed by atoms with Gasteiger partial charge in [-0.3, -0.25) is 9.69 Å². The van der Waals surface area contributed by atoms with Crippen LogP contribution >= 0.6 is 11.3 Å². The van der Waals surface area contributed by atoms with Crippen LogP contribution in [0.3, 0.4) is 0 Å². The van der Waals surface area contributed by atoms with E-state index in [1.54, 1.807) is 16.2 Å². The highest BCUT2D eigenvalue weighted by atomic mass is 32.1. The van der Waals surface area contributed by atoms with E-state index in [1.807, 2.05) is 11.6 Å². The number of aliphatic hydroxyl groups excluding tert-OH is 1. The number of hydrogen-bond donors (Lipinski definition) is 1. The summed E-state index contributed by atoms with van der Waals surface area (Å²) in [5.74, 6) is -3.54. The minimum atomic E-state index is -1.52. The lowest BCUT2D eigenvalue weighted by Gasteiger charge is -2.43. The normalized spacial score (nSPS) is 19.9. The molecule has 1 unspecified atom stereocenters. The van der Waals surface area contributed by atoms with Crippen LogP contribution in [-0.4, -0.2) is 64.6 Å². The molecule has 178 valence electrons. The molecule has 0 spiro atoms. The molecule has 9 heteroatoms. The van der Waals surface area contributed by atoms with E-state index in [0.29, 0.717) is 24.9 Å². The summed E-state index contributed by atoms with van der Waals surface area (Å²) < 4.78 is 39.8. The van der Waals surface area contributed by atoms with Crippen molar-refractivity contribution in [2.75, 3.05) is 32.8 Å². The monoisotopic (exact) mass is 479 g/mol. The van der Waals surface area contributed by atoms with Crippen LogP contribution in [0.2, 0.25) is 0 Å². The van der Waals surface area contributed by atoms with Gasteiger partial charge in [0.25, 0.3) is 0 Å². The largest absolute Gasteiger partial charge is 0.395 e. The number of piperidine rings is 2. The maximum absolute atomic E-state index is 13.3. The van der Waals surface area contributed by atoms with Gasteiger partial charge in [0, 0.05) is 42.7 Å². The molecule has 2 aliphatic heterocycles. The molecule has 0 radical (unpaired) electrons. The van der Waals surface area contributed by atoms with Crippen molar-refractivity contribution in [3.63, 3.8) is 0 Å². The molecular weight excluding hydrogens is 451 g/mol. The van der Waals surface area contributed by atoms with E-state index in [1.165, 1.54) is 17.2 Å². The van der Waals surface area contributed by atoms with E-state index in [-0.39, 0.29) is 24.1 Å². The van der Waals surface area contributed by atoms with Gasteiger partial charge >= 0.3 is 0 Å². The van der Waals surface area contributed by atoms with Crippen molar-refractivity contribution in [1.29, 1.82) is 0 Å². The van der Waals surface area contributed by atoms with E-state index in [2.05, 4.69) is 9.88 Å². The molecule has 1 atom stereocenters. The first-order valence-electron chi connectivity index (χ1n) is 11.3. The van der Waals surface area contributed by atoms with Crippen molar-refractivity contribution < 1.29 is 23.1 Å². The standard InChI is InChI=1S/C24H28F3N3O2S/c25-19-13-16(14-20(26)23(19)27)1-2-22(32)30-10-3-17(4-11-30)21(15-31)29-8-5-18(6-9-29)24-28-7-12-33-24/h1-2,7,12-14,17-18,21,31H,3-6,8-11,15H2/b2-1+. The van der Waals surface area contributed by atoms with Crippen molar-refractivity contribution in [2.45, 2.75) is 37.6 Å². The summed E-state index contributed by atoms with van der Waals surface area (Å²) in [5, 5.41) is 13.3. The van der Waals surface area contributed by atoms with Crippen LogP contribution < -0.4 is 0 Å². The van der Waals surface area contributed by atoms with Crippen LogP contribution in [-0.2, 0) is 4.79 Å². The SMILES string of the molecule is O=C(/C=C/c1cc(F)c(F)c(F)c1)N1CCC(C(CO)N2CCC(c3nccs3)CC2)CC1. The van der Waals surface area contributed by atoms with Crippen LogP contribution in [0.25, 0.3) is 6.08 Å². The lowest BCUT2D eigenvalue weighted by molar-refractivity contribution is -0.127. The van der Waals surface area contributed by atoms with Crippen molar-refractivity contribution in [3.05, 3.63) is 57.8 Å². The lowest BCUT2D eigenvalue weighted by Crippen LogP contribution is -2.50. The molecular formula is C24H28F3N3O2S. The molecule has 0 saturated carbocycles. The number of amides is 1. The number of likely N-dealkylation sites (tertiary alicyclic amines) is 2. The number of hydrogen-bond acceptors (Lipinski definition) is 5. The van der Waals surface area contributed by atoms with Gasteiger partial charge in [-0.05, 0) is 68.5 Å². The van der Waals surface area contributed by atoms with Gasteiger partial charge in [0.05, 0.1) is 11.6 Å². The number of nitrogens with zero attached hydrogens (tertiary/aromatic N) is 3. The summed E-state index contributed by atoms with van der Waals surface area (Å²) in [4.78, 5) is 21.0. The Kier molecular flexibility index (Phi) is 7.82. The zero-order valence-corrected chi connectivity index (χ0v) is 19.1. The van der Waals surface area contributed by atoms with E-state index in [4.69, 9.17) is 0 Å². The molecule has 1 aromatic heterocycles. The van der Waals surface area contributed by atoms with Crippen LogP contribution in [0.5, 0.6) is 0 Å². The summed E-state index contributed by atoms with van der Waals surface area (Å²) in [6, 6.07) is 1.80. The number of halogens is 3. The zero-order chi connectivity index (χ0) is 23.4. The second-order valence-corrected chi connectivity index (χ2v) is 9.65. The number of rotatable bonds is 6. The quantitative estimate of drug-likeness (QED) is 0.502. The number of aliphatic hydroxyl groups is 1. The summed E-state index contributed by atoms with van der Waals surface area (Å²) in [5.41, 5.74) is 0.0936. The molecule has 2 fully saturated rings.